The summed E-state index contributed by atoms with van der Waals surface area (Å²) in [6.45, 7) is 6.16. The summed E-state index contributed by atoms with van der Waals surface area (Å²) >= 11 is 0. The first-order chi connectivity index (χ1) is 9.76. The van der Waals surface area contributed by atoms with E-state index in [-0.39, 0.29) is 12.2 Å². The maximum atomic E-state index is 6.01. The molecule has 0 bridgehead atoms. The van der Waals surface area contributed by atoms with Gasteiger partial charge in [-0.2, -0.15) is 0 Å². The van der Waals surface area contributed by atoms with Crippen molar-refractivity contribution >= 4 is 0 Å². The lowest BCUT2D eigenvalue weighted by atomic mass is 9.92. The zero-order chi connectivity index (χ0) is 14.4. The number of benzene rings is 1. The number of fused-ring (bicyclic) bond motifs is 1. The first-order valence-electron chi connectivity index (χ1n) is 7.71. The highest BCUT2D eigenvalue weighted by Gasteiger charge is 2.26. The van der Waals surface area contributed by atoms with Crippen molar-refractivity contribution in [1.29, 1.82) is 0 Å². The molecule has 2 rings (SSSR count). The molecule has 0 fully saturated rings. The molecule has 0 saturated heterocycles. The lowest BCUT2D eigenvalue weighted by molar-refractivity contribution is 0.00621. The molecule has 0 amide bonds. The lowest BCUT2D eigenvalue weighted by Crippen LogP contribution is -2.41. The van der Waals surface area contributed by atoms with Gasteiger partial charge in [0.25, 0.3) is 0 Å². The van der Waals surface area contributed by atoms with Crippen molar-refractivity contribution in [3.63, 3.8) is 0 Å². The van der Waals surface area contributed by atoms with Crippen LogP contribution in [0.4, 0.5) is 0 Å². The molecule has 0 aliphatic carbocycles. The number of methoxy groups -OCH3 is 1. The van der Waals surface area contributed by atoms with E-state index in [9.17, 15) is 0 Å². The van der Waals surface area contributed by atoms with Gasteiger partial charge >= 0.3 is 0 Å². The summed E-state index contributed by atoms with van der Waals surface area (Å²) in [7, 11) is 1.78. The Morgan fingerprint density at radius 2 is 2.20 bits per heavy atom. The standard InChI is InChI=1S/C17H27NO2/c1-4-10-18-16(13(2)19-3)12-17-15-8-6-5-7-14(15)9-11-20-17/h5-8,13,16-18H,4,9-12H2,1-3H3. The zero-order valence-corrected chi connectivity index (χ0v) is 12.9. The van der Waals surface area contributed by atoms with E-state index >= 15 is 0 Å². The predicted octanol–water partition coefficient (Wildman–Crippen LogP) is 3.09. The second-order valence-corrected chi connectivity index (χ2v) is 5.55. The predicted molar refractivity (Wildman–Crippen MR) is 82.0 cm³/mol. The molecule has 112 valence electrons. The Morgan fingerprint density at radius 1 is 1.40 bits per heavy atom. The first kappa shape index (κ1) is 15.5. The number of hydrogen-bond acceptors (Lipinski definition) is 3. The van der Waals surface area contributed by atoms with Gasteiger partial charge in [0.05, 0.1) is 18.8 Å². The Hall–Kier alpha value is -0.900. The lowest BCUT2D eigenvalue weighted by Gasteiger charge is -2.32. The second-order valence-electron chi connectivity index (χ2n) is 5.55. The summed E-state index contributed by atoms with van der Waals surface area (Å²) in [5.74, 6) is 0. The van der Waals surface area contributed by atoms with E-state index in [1.165, 1.54) is 11.1 Å². The fourth-order valence-electron chi connectivity index (χ4n) is 2.84. The van der Waals surface area contributed by atoms with Crippen LogP contribution in [0.1, 0.15) is 43.9 Å². The minimum absolute atomic E-state index is 0.187. The normalized spacial score (nSPS) is 21.2. The van der Waals surface area contributed by atoms with Crippen LogP contribution in [0, 0.1) is 0 Å². The molecule has 1 aliphatic heterocycles. The van der Waals surface area contributed by atoms with Crippen molar-refractivity contribution < 1.29 is 9.47 Å². The molecule has 20 heavy (non-hydrogen) atoms. The highest BCUT2D eigenvalue weighted by atomic mass is 16.5. The number of hydrogen-bond donors (Lipinski definition) is 1. The Bertz CT molecular complexity index is 408. The largest absolute Gasteiger partial charge is 0.380 e. The summed E-state index contributed by atoms with van der Waals surface area (Å²) in [5, 5.41) is 3.59. The molecule has 3 atom stereocenters. The number of ether oxygens (including phenoxy) is 2. The van der Waals surface area contributed by atoms with Gasteiger partial charge in [-0.25, -0.2) is 0 Å². The molecule has 0 spiro atoms. The van der Waals surface area contributed by atoms with E-state index < -0.39 is 0 Å². The van der Waals surface area contributed by atoms with Gasteiger partial charge in [-0.15, -0.1) is 0 Å². The van der Waals surface area contributed by atoms with Gasteiger partial charge in [0.2, 0.25) is 0 Å². The molecule has 1 aromatic carbocycles. The Morgan fingerprint density at radius 3 is 2.95 bits per heavy atom. The zero-order valence-electron chi connectivity index (χ0n) is 12.9. The van der Waals surface area contributed by atoms with E-state index in [1.807, 2.05) is 0 Å². The van der Waals surface area contributed by atoms with E-state index in [1.54, 1.807) is 7.11 Å². The third-order valence-electron chi connectivity index (χ3n) is 4.16. The van der Waals surface area contributed by atoms with Gasteiger partial charge < -0.3 is 14.8 Å². The van der Waals surface area contributed by atoms with Crippen molar-refractivity contribution in [2.45, 2.75) is 51.4 Å². The van der Waals surface area contributed by atoms with Crippen molar-refractivity contribution in [2.24, 2.45) is 0 Å². The summed E-state index contributed by atoms with van der Waals surface area (Å²) in [4.78, 5) is 0. The summed E-state index contributed by atoms with van der Waals surface area (Å²) in [6, 6.07) is 8.98. The van der Waals surface area contributed by atoms with Gasteiger partial charge in [0.15, 0.2) is 0 Å². The molecule has 1 aliphatic rings. The molecule has 1 aromatic rings. The fourth-order valence-corrected chi connectivity index (χ4v) is 2.84. The number of rotatable bonds is 7. The monoisotopic (exact) mass is 277 g/mol. The third-order valence-corrected chi connectivity index (χ3v) is 4.16. The SMILES string of the molecule is CCCNC(CC1OCCc2ccccc21)C(C)OC. The highest BCUT2D eigenvalue weighted by Crippen LogP contribution is 2.31. The molecule has 3 heteroatoms. The van der Waals surface area contributed by atoms with Gasteiger partial charge in [-0.3, -0.25) is 0 Å². The Balaban J connectivity index is 2.07. The van der Waals surface area contributed by atoms with Crippen LogP contribution in [0.5, 0.6) is 0 Å². The summed E-state index contributed by atoms with van der Waals surface area (Å²) in [5.41, 5.74) is 2.79. The van der Waals surface area contributed by atoms with Crippen LogP contribution in [-0.2, 0) is 15.9 Å². The summed E-state index contributed by atoms with van der Waals surface area (Å²) < 4.78 is 11.5. The van der Waals surface area contributed by atoms with Crippen molar-refractivity contribution in [2.75, 3.05) is 20.3 Å². The van der Waals surface area contributed by atoms with E-state index in [2.05, 4.69) is 43.4 Å². The van der Waals surface area contributed by atoms with Crippen LogP contribution in [0.2, 0.25) is 0 Å². The van der Waals surface area contributed by atoms with Crippen LogP contribution in [0.3, 0.4) is 0 Å². The molecule has 0 aromatic heterocycles. The van der Waals surface area contributed by atoms with Gasteiger partial charge in [-0.1, -0.05) is 31.2 Å². The van der Waals surface area contributed by atoms with Crippen LogP contribution in [-0.4, -0.2) is 32.4 Å². The average Bonchev–Trinajstić information content (AvgIpc) is 2.50. The highest BCUT2D eigenvalue weighted by molar-refractivity contribution is 5.31. The maximum Gasteiger partial charge on any atom is 0.0843 e. The minimum Gasteiger partial charge on any atom is -0.380 e. The van der Waals surface area contributed by atoms with Crippen LogP contribution in [0.25, 0.3) is 0 Å². The molecular formula is C17H27NO2. The molecule has 3 unspecified atom stereocenters. The Labute approximate surface area is 122 Å². The molecule has 1 heterocycles. The van der Waals surface area contributed by atoms with E-state index in [4.69, 9.17) is 9.47 Å². The molecule has 1 N–H and O–H groups in total. The van der Waals surface area contributed by atoms with Gasteiger partial charge in [0.1, 0.15) is 0 Å². The topological polar surface area (TPSA) is 30.5 Å². The quantitative estimate of drug-likeness (QED) is 0.831. The van der Waals surface area contributed by atoms with Crippen molar-refractivity contribution in [1.82, 2.24) is 5.32 Å². The van der Waals surface area contributed by atoms with Gasteiger partial charge in [-0.05, 0) is 43.9 Å². The smallest absolute Gasteiger partial charge is 0.0843 e. The minimum atomic E-state index is 0.187. The third kappa shape index (κ3) is 3.81. The molecular weight excluding hydrogens is 250 g/mol. The average molecular weight is 277 g/mol. The second kappa shape index (κ2) is 7.77. The first-order valence-corrected chi connectivity index (χ1v) is 7.71. The molecule has 0 radical (unpaired) electrons. The molecule has 3 nitrogen and oxygen atoms in total. The van der Waals surface area contributed by atoms with Gasteiger partial charge in [0, 0.05) is 13.2 Å². The van der Waals surface area contributed by atoms with Crippen LogP contribution in [0.15, 0.2) is 24.3 Å². The van der Waals surface area contributed by atoms with Crippen molar-refractivity contribution in [3.05, 3.63) is 35.4 Å². The maximum absolute atomic E-state index is 6.01. The molecule has 0 saturated carbocycles. The van der Waals surface area contributed by atoms with E-state index in [0.717, 1.165) is 32.4 Å². The summed E-state index contributed by atoms with van der Waals surface area (Å²) in [6.07, 6.45) is 3.51. The number of nitrogens with one attached hydrogen (secondary N) is 1. The Kier molecular flexibility index (Phi) is 6.02. The van der Waals surface area contributed by atoms with E-state index in [0.29, 0.717) is 6.04 Å². The fraction of sp³-hybridized carbons (Fsp3) is 0.647. The van der Waals surface area contributed by atoms with Crippen molar-refractivity contribution in [3.8, 4) is 0 Å². The van der Waals surface area contributed by atoms with Crippen LogP contribution >= 0.6 is 0 Å². The van der Waals surface area contributed by atoms with Crippen LogP contribution < -0.4 is 5.32 Å².